The van der Waals surface area contributed by atoms with Gasteiger partial charge in [0.2, 0.25) is 0 Å². The molecule has 1 aromatic rings. The molecule has 102 valence electrons. The fraction of sp³-hybridized carbons (Fsp3) is 0.429. The Bertz CT molecular complexity index is 505. The molecule has 0 radical (unpaired) electrons. The third-order valence-electron chi connectivity index (χ3n) is 2.72. The average molecular weight is 263 g/mol. The zero-order valence-corrected chi connectivity index (χ0v) is 11.5. The zero-order valence-electron chi connectivity index (χ0n) is 11.5. The number of Topliss-reactive ketones (excluding diaryl/α,β-unsaturated/α-hetero) is 1. The van der Waals surface area contributed by atoms with Crippen LogP contribution in [0.4, 0.5) is 0 Å². The lowest BCUT2D eigenvalue weighted by Gasteiger charge is -2.13. The molecule has 0 heterocycles. The second-order valence-electron chi connectivity index (χ2n) is 4.06. The number of rotatable bonds is 6. The topological polar surface area (TPSA) is 68.5 Å². The molecule has 0 aliphatic rings. The Morgan fingerprint density at radius 2 is 1.68 bits per heavy atom. The summed E-state index contributed by atoms with van der Waals surface area (Å²) in [7, 11) is 4.48. The van der Waals surface area contributed by atoms with E-state index in [1.54, 1.807) is 19.1 Å². The van der Waals surface area contributed by atoms with Crippen molar-refractivity contribution in [1.82, 2.24) is 0 Å². The summed E-state index contributed by atoms with van der Waals surface area (Å²) in [6.45, 7) is 1.70. The Hall–Kier alpha value is -2.22. The smallest absolute Gasteiger partial charge is 0.168 e. The highest BCUT2D eigenvalue weighted by atomic mass is 16.5. The first kappa shape index (κ1) is 14.8. The molecule has 0 aliphatic heterocycles. The standard InChI is InChI=1S/C14H17NO4/c1-9(8-15)5-11(16)10-6-13(18-3)14(19-4)7-12(10)17-2/h6-7,9H,5H2,1-4H3. The van der Waals surface area contributed by atoms with Crippen molar-refractivity contribution in [3.63, 3.8) is 0 Å². The molecule has 0 aliphatic carbocycles. The van der Waals surface area contributed by atoms with Gasteiger partial charge in [-0.3, -0.25) is 4.79 Å². The molecule has 0 amide bonds. The van der Waals surface area contributed by atoms with Gasteiger partial charge in [0.25, 0.3) is 0 Å². The van der Waals surface area contributed by atoms with E-state index < -0.39 is 0 Å². The van der Waals surface area contributed by atoms with Crippen LogP contribution in [-0.2, 0) is 0 Å². The van der Waals surface area contributed by atoms with Crippen LogP contribution in [0.15, 0.2) is 12.1 Å². The van der Waals surface area contributed by atoms with E-state index in [-0.39, 0.29) is 18.1 Å². The Balaban J connectivity index is 3.19. The van der Waals surface area contributed by atoms with E-state index in [0.717, 1.165) is 0 Å². The van der Waals surface area contributed by atoms with E-state index in [9.17, 15) is 4.79 Å². The number of carbonyl (C=O) groups is 1. The molecule has 0 spiro atoms. The van der Waals surface area contributed by atoms with Crippen molar-refractivity contribution in [1.29, 1.82) is 5.26 Å². The van der Waals surface area contributed by atoms with E-state index in [1.165, 1.54) is 21.3 Å². The van der Waals surface area contributed by atoms with Crippen LogP contribution in [0, 0.1) is 17.2 Å². The minimum atomic E-state index is -0.342. The molecule has 0 N–H and O–H groups in total. The number of carbonyl (C=O) groups excluding carboxylic acids is 1. The largest absolute Gasteiger partial charge is 0.496 e. The van der Waals surface area contributed by atoms with Crippen LogP contribution < -0.4 is 14.2 Å². The van der Waals surface area contributed by atoms with E-state index in [4.69, 9.17) is 19.5 Å². The van der Waals surface area contributed by atoms with E-state index in [1.807, 2.05) is 6.07 Å². The summed E-state index contributed by atoms with van der Waals surface area (Å²) in [4.78, 5) is 12.1. The van der Waals surface area contributed by atoms with Crippen molar-refractivity contribution in [3.8, 4) is 23.3 Å². The molecule has 0 fully saturated rings. The maximum absolute atomic E-state index is 12.1. The summed E-state index contributed by atoms with van der Waals surface area (Å²) in [6.07, 6.45) is 0.141. The first-order valence-corrected chi connectivity index (χ1v) is 5.80. The average Bonchev–Trinajstić information content (AvgIpc) is 2.45. The van der Waals surface area contributed by atoms with Gasteiger partial charge in [0.1, 0.15) is 5.75 Å². The van der Waals surface area contributed by atoms with Gasteiger partial charge in [-0.1, -0.05) is 0 Å². The van der Waals surface area contributed by atoms with Gasteiger partial charge in [-0.05, 0) is 13.0 Å². The lowest BCUT2D eigenvalue weighted by atomic mass is 9.99. The van der Waals surface area contributed by atoms with Crippen molar-refractivity contribution in [2.24, 2.45) is 5.92 Å². The van der Waals surface area contributed by atoms with Crippen molar-refractivity contribution >= 4 is 5.78 Å². The van der Waals surface area contributed by atoms with Gasteiger partial charge in [-0.15, -0.1) is 0 Å². The first-order chi connectivity index (χ1) is 9.07. The quantitative estimate of drug-likeness (QED) is 0.737. The summed E-state index contributed by atoms with van der Waals surface area (Å²) in [6, 6.07) is 5.21. The van der Waals surface area contributed by atoms with Crippen molar-refractivity contribution in [2.45, 2.75) is 13.3 Å². The first-order valence-electron chi connectivity index (χ1n) is 5.80. The number of methoxy groups -OCH3 is 3. The summed E-state index contributed by atoms with van der Waals surface area (Å²) in [5.74, 6) is 0.852. The van der Waals surface area contributed by atoms with Crippen LogP contribution in [0.25, 0.3) is 0 Å². The molecule has 1 atom stereocenters. The molecule has 19 heavy (non-hydrogen) atoms. The molecule has 0 aromatic heterocycles. The number of nitriles is 1. The molecular formula is C14H17NO4. The highest BCUT2D eigenvalue weighted by molar-refractivity contribution is 5.99. The third kappa shape index (κ3) is 3.38. The Morgan fingerprint density at radius 1 is 1.16 bits per heavy atom. The number of benzene rings is 1. The molecule has 1 unspecified atom stereocenters. The number of ketones is 1. The van der Waals surface area contributed by atoms with E-state index in [2.05, 4.69) is 0 Å². The van der Waals surface area contributed by atoms with Gasteiger partial charge in [0.05, 0.1) is 38.9 Å². The predicted octanol–water partition coefficient (Wildman–Crippen LogP) is 2.44. The maximum Gasteiger partial charge on any atom is 0.168 e. The third-order valence-corrected chi connectivity index (χ3v) is 2.72. The van der Waals surface area contributed by atoms with Crippen LogP contribution in [0.3, 0.4) is 0 Å². The van der Waals surface area contributed by atoms with E-state index in [0.29, 0.717) is 22.8 Å². The van der Waals surface area contributed by atoms with Crippen molar-refractivity contribution in [3.05, 3.63) is 17.7 Å². The van der Waals surface area contributed by atoms with Gasteiger partial charge >= 0.3 is 0 Å². The molecule has 0 saturated carbocycles. The Morgan fingerprint density at radius 3 is 2.16 bits per heavy atom. The number of ether oxygens (including phenoxy) is 3. The van der Waals surface area contributed by atoms with Gasteiger partial charge < -0.3 is 14.2 Å². The van der Waals surface area contributed by atoms with Gasteiger partial charge in [-0.2, -0.15) is 5.26 Å². The second kappa shape index (κ2) is 6.64. The zero-order chi connectivity index (χ0) is 14.4. The second-order valence-corrected chi connectivity index (χ2v) is 4.06. The predicted molar refractivity (Wildman–Crippen MR) is 69.8 cm³/mol. The molecule has 1 rings (SSSR count). The lowest BCUT2D eigenvalue weighted by Crippen LogP contribution is -2.07. The van der Waals surface area contributed by atoms with Crippen LogP contribution in [0.2, 0.25) is 0 Å². The summed E-state index contributed by atoms with van der Waals surface area (Å²) in [5.41, 5.74) is 0.391. The normalized spacial score (nSPS) is 11.3. The van der Waals surface area contributed by atoms with Crippen LogP contribution in [0.5, 0.6) is 17.2 Å². The van der Waals surface area contributed by atoms with Crippen LogP contribution in [-0.4, -0.2) is 27.1 Å². The molecular weight excluding hydrogens is 246 g/mol. The minimum absolute atomic E-state index is 0.141. The Labute approximate surface area is 112 Å². The molecule has 5 heteroatoms. The van der Waals surface area contributed by atoms with Crippen molar-refractivity contribution < 1.29 is 19.0 Å². The molecule has 0 bridgehead atoms. The number of hydrogen-bond donors (Lipinski definition) is 0. The summed E-state index contributed by atoms with van der Waals surface area (Å²) < 4.78 is 15.5. The van der Waals surface area contributed by atoms with Gasteiger partial charge in [-0.25, -0.2) is 0 Å². The maximum atomic E-state index is 12.1. The van der Waals surface area contributed by atoms with Gasteiger partial charge in [0.15, 0.2) is 17.3 Å². The van der Waals surface area contributed by atoms with Crippen LogP contribution >= 0.6 is 0 Å². The monoisotopic (exact) mass is 263 g/mol. The van der Waals surface area contributed by atoms with Crippen LogP contribution in [0.1, 0.15) is 23.7 Å². The minimum Gasteiger partial charge on any atom is -0.496 e. The number of hydrogen-bond acceptors (Lipinski definition) is 5. The van der Waals surface area contributed by atoms with Crippen molar-refractivity contribution in [2.75, 3.05) is 21.3 Å². The Kier molecular flexibility index (Phi) is 5.19. The highest BCUT2D eigenvalue weighted by Gasteiger charge is 2.19. The molecule has 1 aromatic carbocycles. The fourth-order valence-corrected chi connectivity index (χ4v) is 1.68. The molecule has 0 saturated heterocycles. The fourth-order valence-electron chi connectivity index (χ4n) is 1.68. The molecule has 5 nitrogen and oxygen atoms in total. The summed E-state index contributed by atoms with van der Waals surface area (Å²) >= 11 is 0. The lowest BCUT2D eigenvalue weighted by molar-refractivity contribution is 0.0969. The number of nitrogens with zero attached hydrogens (tertiary/aromatic N) is 1. The SMILES string of the molecule is COc1cc(OC)c(C(=O)CC(C)C#N)cc1OC. The van der Waals surface area contributed by atoms with Gasteiger partial charge in [0, 0.05) is 12.5 Å². The van der Waals surface area contributed by atoms with E-state index >= 15 is 0 Å². The highest BCUT2D eigenvalue weighted by Crippen LogP contribution is 2.35. The summed E-state index contributed by atoms with van der Waals surface area (Å²) in [5, 5.41) is 8.76.